The van der Waals surface area contributed by atoms with Crippen molar-refractivity contribution in [2.24, 2.45) is 0 Å². The molecule has 1 aliphatic rings. The summed E-state index contributed by atoms with van der Waals surface area (Å²) in [5.41, 5.74) is -0.0933. The minimum absolute atomic E-state index is 0.0229. The number of aromatic nitrogens is 1. The average Bonchev–Trinajstić information content (AvgIpc) is 3.21. The van der Waals surface area contributed by atoms with Gasteiger partial charge in [-0.1, -0.05) is 11.8 Å². The normalized spacial score (nSPS) is 16.6. The highest BCUT2D eigenvalue weighted by Gasteiger charge is 2.41. The maximum Gasteiger partial charge on any atom is 0.306 e. The van der Waals surface area contributed by atoms with Gasteiger partial charge in [0.25, 0.3) is 0 Å². The van der Waals surface area contributed by atoms with E-state index in [1.165, 1.54) is 17.4 Å². The van der Waals surface area contributed by atoms with Crippen LogP contribution < -0.4 is 9.64 Å². The van der Waals surface area contributed by atoms with Gasteiger partial charge in [0, 0.05) is 18.6 Å². The molecule has 1 atom stereocenters. The molecule has 0 N–H and O–H groups in total. The Kier molecular flexibility index (Phi) is 4.92. The molecule has 1 aliphatic heterocycles. The van der Waals surface area contributed by atoms with Crippen LogP contribution in [0, 0.1) is 15.9 Å². The van der Waals surface area contributed by atoms with E-state index in [4.69, 9.17) is 4.74 Å². The number of benzene rings is 2. The lowest BCUT2D eigenvalue weighted by Gasteiger charge is -2.14. The number of fused-ring (bicyclic) bond motifs is 1. The third-order valence-corrected chi connectivity index (χ3v) is 6.62. The molecule has 2 amide bonds. The van der Waals surface area contributed by atoms with Crippen LogP contribution >= 0.6 is 23.1 Å². The molecule has 1 aromatic heterocycles. The molecule has 4 rings (SSSR count). The first-order valence-electron chi connectivity index (χ1n) is 8.29. The number of nitro benzene ring substituents is 1. The summed E-state index contributed by atoms with van der Waals surface area (Å²) in [4.78, 5) is 40.6. The Morgan fingerprint density at radius 2 is 2.10 bits per heavy atom. The number of hydrogen-bond donors (Lipinski definition) is 0. The number of thioether (sulfide) groups is 1. The fourth-order valence-corrected chi connectivity index (χ4v) is 5.25. The zero-order valence-electron chi connectivity index (χ0n) is 14.8. The molecule has 0 spiro atoms. The van der Waals surface area contributed by atoms with Crippen LogP contribution in [0.2, 0.25) is 0 Å². The van der Waals surface area contributed by atoms with Gasteiger partial charge in [-0.2, -0.15) is 4.39 Å². The lowest BCUT2D eigenvalue weighted by Crippen LogP contribution is -2.31. The quantitative estimate of drug-likeness (QED) is 0.343. The Bertz CT molecular complexity index is 1170. The van der Waals surface area contributed by atoms with Gasteiger partial charge in [0.05, 0.1) is 27.9 Å². The van der Waals surface area contributed by atoms with Crippen molar-refractivity contribution in [2.45, 2.75) is 16.0 Å². The number of nitrogens with zero attached hydrogens (tertiary/aromatic N) is 3. The molecule has 2 heterocycles. The molecule has 29 heavy (non-hydrogen) atoms. The molecule has 8 nitrogen and oxygen atoms in total. The molecule has 148 valence electrons. The van der Waals surface area contributed by atoms with Gasteiger partial charge in [-0.15, -0.1) is 11.3 Å². The van der Waals surface area contributed by atoms with Gasteiger partial charge in [0.1, 0.15) is 11.0 Å². The minimum Gasteiger partial charge on any atom is -0.497 e. The van der Waals surface area contributed by atoms with E-state index in [1.807, 2.05) is 12.1 Å². The van der Waals surface area contributed by atoms with Gasteiger partial charge < -0.3 is 4.74 Å². The molecule has 11 heteroatoms. The van der Waals surface area contributed by atoms with E-state index in [9.17, 15) is 24.1 Å². The highest BCUT2D eigenvalue weighted by Crippen LogP contribution is 2.38. The van der Waals surface area contributed by atoms with Crippen molar-refractivity contribution in [3.63, 3.8) is 0 Å². The summed E-state index contributed by atoms with van der Waals surface area (Å²) >= 11 is 2.55. The number of carbonyl (C=O) groups excluding carboxylic acids is 2. The average molecular weight is 433 g/mol. The highest BCUT2D eigenvalue weighted by atomic mass is 32.2. The van der Waals surface area contributed by atoms with Gasteiger partial charge in [-0.25, -0.2) is 9.88 Å². The molecule has 0 bridgehead atoms. The van der Waals surface area contributed by atoms with Crippen LogP contribution in [0.5, 0.6) is 5.75 Å². The number of carbonyl (C=O) groups is 2. The van der Waals surface area contributed by atoms with Gasteiger partial charge in [0.15, 0.2) is 4.34 Å². The van der Waals surface area contributed by atoms with E-state index in [0.717, 1.165) is 39.0 Å². The molecule has 2 aromatic carbocycles. The lowest BCUT2D eigenvalue weighted by atomic mass is 10.2. The van der Waals surface area contributed by atoms with Gasteiger partial charge in [-0.3, -0.25) is 19.7 Å². The van der Waals surface area contributed by atoms with Crippen LogP contribution in [0.4, 0.5) is 15.8 Å². The number of thiazole rings is 1. The van der Waals surface area contributed by atoms with E-state index >= 15 is 0 Å². The smallest absolute Gasteiger partial charge is 0.306 e. The Hall–Kier alpha value is -3.05. The topological polar surface area (TPSA) is 103 Å². The first kappa shape index (κ1) is 19.3. The summed E-state index contributed by atoms with van der Waals surface area (Å²) in [6.45, 7) is 0. The van der Waals surface area contributed by atoms with Crippen LogP contribution in [-0.4, -0.2) is 34.1 Å². The Morgan fingerprint density at radius 3 is 2.83 bits per heavy atom. The molecular formula is C18H12FN3O5S2. The van der Waals surface area contributed by atoms with Crippen molar-refractivity contribution in [2.75, 3.05) is 12.0 Å². The van der Waals surface area contributed by atoms with Crippen LogP contribution in [0.25, 0.3) is 10.2 Å². The summed E-state index contributed by atoms with van der Waals surface area (Å²) in [6.07, 6.45) is -0.0755. The predicted octanol–water partition coefficient (Wildman–Crippen LogP) is 3.78. The number of amides is 2. The van der Waals surface area contributed by atoms with Crippen LogP contribution in [-0.2, 0) is 9.59 Å². The van der Waals surface area contributed by atoms with E-state index in [2.05, 4.69) is 4.98 Å². The first-order chi connectivity index (χ1) is 13.9. The van der Waals surface area contributed by atoms with Crippen molar-refractivity contribution < 1.29 is 23.6 Å². The third kappa shape index (κ3) is 3.54. The molecular weight excluding hydrogens is 421 g/mol. The predicted molar refractivity (Wildman–Crippen MR) is 106 cm³/mol. The second-order valence-electron chi connectivity index (χ2n) is 6.08. The minimum atomic E-state index is -1.03. The van der Waals surface area contributed by atoms with E-state index < -0.39 is 33.5 Å². The number of halogens is 1. The summed E-state index contributed by atoms with van der Waals surface area (Å²) in [7, 11) is 1.56. The maximum atomic E-state index is 13.6. The molecule has 0 radical (unpaired) electrons. The largest absolute Gasteiger partial charge is 0.497 e. The van der Waals surface area contributed by atoms with Crippen molar-refractivity contribution >= 4 is 56.5 Å². The molecule has 1 fully saturated rings. The van der Waals surface area contributed by atoms with Gasteiger partial charge >= 0.3 is 5.69 Å². The SMILES string of the molecule is COc1ccc2sc(SC3CC(=O)N(c4ccc(F)c([N+](=O)[O-])c4)C3=O)nc2c1. The van der Waals surface area contributed by atoms with Crippen LogP contribution in [0.3, 0.4) is 0 Å². The second-order valence-corrected chi connectivity index (χ2v) is 8.56. The van der Waals surface area contributed by atoms with Crippen LogP contribution in [0.1, 0.15) is 6.42 Å². The van der Waals surface area contributed by atoms with Crippen molar-refractivity contribution in [3.8, 4) is 5.75 Å². The van der Waals surface area contributed by atoms with Crippen LogP contribution in [0.15, 0.2) is 40.7 Å². The third-order valence-electron chi connectivity index (χ3n) is 4.31. The number of nitro groups is 1. The molecule has 0 saturated carbocycles. The Labute approximate surface area is 171 Å². The number of ether oxygens (including phenoxy) is 1. The number of hydrogen-bond acceptors (Lipinski definition) is 8. The van der Waals surface area contributed by atoms with Gasteiger partial charge in [-0.05, 0) is 24.3 Å². The number of methoxy groups -OCH3 is 1. The Morgan fingerprint density at radius 1 is 1.31 bits per heavy atom. The number of rotatable bonds is 5. The van der Waals surface area contributed by atoms with E-state index in [-0.39, 0.29) is 12.1 Å². The molecule has 1 saturated heterocycles. The zero-order chi connectivity index (χ0) is 20.7. The summed E-state index contributed by atoms with van der Waals surface area (Å²) in [5, 5.41) is 10.2. The van der Waals surface area contributed by atoms with E-state index in [1.54, 1.807) is 13.2 Å². The zero-order valence-corrected chi connectivity index (χ0v) is 16.5. The lowest BCUT2D eigenvalue weighted by molar-refractivity contribution is -0.387. The number of imide groups is 1. The summed E-state index contributed by atoms with van der Waals surface area (Å²) in [6, 6.07) is 8.39. The highest BCUT2D eigenvalue weighted by molar-refractivity contribution is 8.02. The van der Waals surface area contributed by atoms with Crippen molar-refractivity contribution in [1.82, 2.24) is 4.98 Å². The monoisotopic (exact) mass is 433 g/mol. The first-order valence-corrected chi connectivity index (χ1v) is 9.99. The van der Waals surface area contributed by atoms with Crippen molar-refractivity contribution in [3.05, 3.63) is 52.3 Å². The van der Waals surface area contributed by atoms with Crippen molar-refractivity contribution in [1.29, 1.82) is 0 Å². The molecule has 3 aromatic rings. The van der Waals surface area contributed by atoms with Gasteiger partial charge in [0.2, 0.25) is 17.6 Å². The number of anilines is 1. The second kappa shape index (κ2) is 7.41. The fraction of sp³-hybridized carbons (Fsp3) is 0.167. The summed E-state index contributed by atoms with van der Waals surface area (Å²) in [5.74, 6) is -1.39. The fourth-order valence-electron chi connectivity index (χ4n) is 2.93. The van der Waals surface area contributed by atoms with E-state index in [0.29, 0.717) is 10.1 Å². The molecule has 0 aliphatic carbocycles. The standard InChI is InChI=1S/C18H12FN3O5S2/c1-27-10-3-5-14-12(7-10)20-18(28-14)29-15-8-16(23)21(17(15)24)9-2-4-11(19)13(6-9)22(25)26/h2-7,15H,8H2,1H3. The molecule has 1 unspecified atom stereocenters. The summed E-state index contributed by atoms with van der Waals surface area (Å²) < 4.78 is 20.3. The maximum absolute atomic E-state index is 13.6. The Balaban J connectivity index is 1.58.